The summed E-state index contributed by atoms with van der Waals surface area (Å²) in [4.78, 5) is 10.4. The molecule has 0 unspecified atom stereocenters. The van der Waals surface area contributed by atoms with Crippen molar-refractivity contribution in [3.8, 4) is 0 Å². The molecule has 0 heterocycles. The number of benzene rings is 1. The molecule has 0 spiro atoms. The summed E-state index contributed by atoms with van der Waals surface area (Å²) in [6.07, 6.45) is 2.61. The lowest BCUT2D eigenvalue weighted by atomic mass is 9.90. The van der Waals surface area contributed by atoms with Crippen LogP contribution in [0.1, 0.15) is 18.4 Å². The number of hydrogen-bond acceptors (Lipinski definition) is 4. The van der Waals surface area contributed by atoms with Gasteiger partial charge in [0, 0.05) is 24.1 Å². The topological polar surface area (TPSA) is 78.4 Å². The molecule has 0 aliphatic heterocycles. The van der Waals surface area contributed by atoms with Crippen molar-refractivity contribution in [1.29, 1.82) is 0 Å². The Morgan fingerprint density at radius 2 is 2.12 bits per heavy atom. The molecule has 1 saturated carbocycles. The van der Waals surface area contributed by atoms with Gasteiger partial charge in [0.15, 0.2) is 0 Å². The minimum Gasteiger partial charge on any atom is -0.378 e. The number of para-hydroxylation sites is 1. The molecule has 0 atom stereocenters. The van der Waals surface area contributed by atoms with Crippen LogP contribution >= 0.6 is 0 Å². The zero-order valence-electron chi connectivity index (χ0n) is 9.54. The summed E-state index contributed by atoms with van der Waals surface area (Å²) in [6.45, 7) is 0.516. The van der Waals surface area contributed by atoms with Crippen LogP contribution in [-0.4, -0.2) is 23.7 Å². The number of nitro groups is 1. The summed E-state index contributed by atoms with van der Waals surface area (Å²) < 4.78 is 5.58. The molecular weight excluding hydrogens is 220 g/mol. The van der Waals surface area contributed by atoms with Gasteiger partial charge in [-0.1, -0.05) is 18.2 Å². The minimum absolute atomic E-state index is 0.168. The van der Waals surface area contributed by atoms with Crippen LogP contribution in [0.25, 0.3) is 0 Å². The van der Waals surface area contributed by atoms with Crippen molar-refractivity contribution in [2.75, 3.05) is 6.61 Å². The molecule has 1 aliphatic rings. The van der Waals surface area contributed by atoms with Crippen molar-refractivity contribution in [2.45, 2.75) is 31.4 Å². The Labute approximate surface area is 99.7 Å². The molecule has 92 valence electrons. The Morgan fingerprint density at radius 1 is 1.41 bits per heavy atom. The van der Waals surface area contributed by atoms with Crippen LogP contribution in [0.4, 0.5) is 5.69 Å². The van der Waals surface area contributed by atoms with E-state index in [4.69, 9.17) is 10.5 Å². The highest BCUT2D eigenvalue weighted by Crippen LogP contribution is 2.22. The van der Waals surface area contributed by atoms with Crippen molar-refractivity contribution >= 4 is 5.69 Å². The van der Waals surface area contributed by atoms with E-state index in [2.05, 4.69) is 0 Å². The van der Waals surface area contributed by atoms with Crippen molar-refractivity contribution in [1.82, 2.24) is 0 Å². The highest BCUT2D eigenvalue weighted by Gasteiger charge is 2.26. The molecule has 5 nitrogen and oxygen atoms in total. The third-order valence-electron chi connectivity index (χ3n) is 3.04. The Hall–Kier alpha value is -1.46. The van der Waals surface area contributed by atoms with Gasteiger partial charge in [0.05, 0.1) is 17.6 Å². The molecular formula is C12H16N2O3. The lowest BCUT2D eigenvalue weighted by Gasteiger charge is -2.32. The van der Waals surface area contributed by atoms with E-state index in [0.717, 1.165) is 18.4 Å². The van der Waals surface area contributed by atoms with Crippen molar-refractivity contribution in [3.05, 3.63) is 39.9 Å². The first-order chi connectivity index (χ1) is 8.16. The van der Waals surface area contributed by atoms with E-state index in [1.165, 1.54) is 6.07 Å². The Kier molecular flexibility index (Phi) is 3.71. The molecule has 0 saturated heterocycles. The normalized spacial score (nSPS) is 23.1. The molecule has 0 radical (unpaired) electrons. The number of nitrogens with zero attached hydrogens (tertiary/aromatic N) is 1. The first kappa shape index (κ1) is 12.0. The molecule has 1 fully saturated rings. The third kappa shape index (κ3) is 3.01. The lowest BCUT2D eigenvalue weighted by Crippen LogP contribution is -2.41. The van der Waals surface area contributed by atoms with Gasteiger partial charge in [-0.25, -0.2) is 0 Å². The minimum atomic E-state index is -0.353. The number of rotatable bonds is 5. The molecule has 1 aromatic rings. The second-order valence-electron chi connectivity index (χ2n) is 4.36. The van der Waals surface area contributed by atoms with Crippen molar-refractivity contribution < 1.29 is 9.66 Å². The zero-order chi connectivity index (χ0) is 12.3. The second kappa shape index (κ2) is 5.25. The van der Waals surface area contributed by atoms with Crippen LogP contribution in [0.5, 0.6) is 0 Å². The molecule has 1 aromatic carbocycles. The quantitative estimate of drug-likeness (QED) is 0.622. The average molecular weight is 236 g/mol. The Bertz CT molecular complexity index is 402. The fourth-order valence-electron chi connectivity index (χ4n) is 1.98. The predicted molar refractivity (Wildman–Crippen MR) is 63.7 cm³/mol. The SMILES string of the molecule is NC1CC(OCCc2ccccc2[N+](=O)[O-])C1. The highest BCUT2D eigenvalue weighted by molar-refractivity contribution is 5.39. The van der Waals surface area contributed by atoms with Crippen molar-refractivity contribution in [3.63, 3.8) is 0 Å². The van der Waals surface area contributed by atoms with Gasteiger partial charge in [-0.2, -0.15) is 0 Å². The summed E-state index contributed by atoms with van der Waals surface area (Å²) in [7, 11) is 0. The van der Waals surface area contributed by atoms with Gasteiger partial charge in [-0.3, -0.25) is 10.1 Å². The number of hydrogen-bond donors (Lipinski definition) is 1. The number of ether oxygens (including phenoxy) is 1. The lowest BCUT2D eigenvalue weighted by molar-refractivity contribution is -0.385. The summed E-state index contributed by atoms with van der Waals surface area (Å²) in [6, 6.07) is 7.04. The van der Waals surface area contributed by atoms with Gasteiger partial charge in [0.1, 0.15) is 0 Å². The third-order valence-corrected chi connectivity index (χ3v) is 3.04. The van der Waals surface area contributed by atoms with Crippen LogP contribution in [0, 0.1) is 10.1 Å². The van der Waals surface area contributed by atoms with Crippen LogP contribution in [-0.2, 0) is 11.2 Å². The monoisotopic (exact) mass is 236 g/mol. The fraction of sp³-hybridized carbons (Fsp3) is 0.500. The molecule has 0 aromatic heterocycles. The maximum absolute atomic E-state index is 10.8. The van der Waals surface area contributed by atoms with E-state index in [1.807, 2.05) is 6.07 Å². The zero-order valence-corrected chi connectivity index (χ0v) is 9.54. The van der Waals surface area contributed by atoms with Gasteiger partial charge in [-0.15, -0.1) is 0 Å². The first-order valence-corrected chi connectivity index (χ1v) is 5.76. The van der Waals surface area contributed by atoms with E-state index in [0.29, 0.717) is 13.0 Å². The summed E-state index contributed by atoms with van der Waals surface area (Å²) in [5.41, 5.74) is 6.54. The molecule has 0 bridgehead atoms. The summed E-state index contributed by atoms with van der Waals surface area (Å²) in [5.74, 6) is 0. The molecule has 5 heteroatoms. The summed E-state index contributed by atoms with van der Waals surface area (Å²) in [5, 5.41) is 10.8. The molecule has 17 heavy (non-hydrogen) atoms. The molecule has 0 amide bonds. The van der Waals surface area contributed by atoms with Gasteiger partial charge < -0.3 is 10.5 Å². The van der Waals surface area contributed by atoms with Gasteiger partial charge in [0.25, 0.3) is 5.69 Å². The van der Waals surface area contributed by atoms with E-state index in [1.54, 1.807) is 12.1 Å². The van der Waals surface area contributed by atoms with E-state index >= 15 is 0 Å². The maximum atomic E-state index is 10.8. The Morgan fingerprint density at radius 3 is 2.76 bits per heavy atom. The van der Waals surface area contributed by atoms with Gasteiger partial charge >= 0.3 is 0 Å². The molecule has 1 aliphatic carbocycles. The number of nitrogens with two attached hydrogens (primary N) is 1. The van der Waals surface area contributed by atoms with E-state index in [-0.39, 0.29) is 22.8 Å². The van der Waals surface area contributed by atoms with Crippen LogP contribution in [0.3, 0.4) is 0 Å². The van der Waals surface area contributed by atoms with E-state index < -0.39 is 0 Å². The smallest absolute Gasteiger partial charge is 0.272 e. The molecule has 2 rings (SSSR count). The van der Waals surface area contributed by atoms with Crippen LogP contribution in [0.2, 0.25) is 0 Å². The highest BCUT2D eigenvalue weighted by atomic mass is 16.6. The fourth-order valence-corrected chi connectivity index (χ4v) is 1.98. The van der Waals surface area contributed by atoms with Crippen LogP contribution < -0.4 is 5.73 Å². The average Bonchev–Trinajstić information content (AvgIpc) is 2.27. The van der Waals surface area contributed by atoms with Gasteiger partial charge in [0.2, 0.25) is 0 Å². The van der Waals surface area contributed by atoms with Crippen molar-refractivity contribution in [2.24, 2.45) is 5.73 Å². The van der Waals surface area contributed by atoms with Gasteiger partial charge in [-0.05, 0) is 12.8 Å². The van der Waals surface area contributed by atoms with Crippen LogP contribution in [0.15, 0.2) is 24.3 Å². The second-order valence-corrected chi connectivity index (χ2v) is 4.36. The number of nitro benzene ring substituents is 1. The predicted octanol–water partition coefficient (Wildman–Crippen LogP) is 1.64. The van der Waals surface area contributed by atoms with E-state index in [9.17, 15) is 10.1 Å². The standard InChI is InChI=1S/C12H16N2O3/c13-10-7-11(8-10)17-6-5-9-3-1-2-4-12(9)14(15)16/h1-4,10-11H,5-8,13H2. The summed E-state index contributed by atoms with van der Waals surface area (Å²) >= 11 is 0. The molecule has 2 N–H and O–H groups in total. The Balaban J connectivity index is 1.84. The largest absolute Gasteiger partial charge is 0.378 e. The first-order valence-electron chi connectivity index (χ1n) is 5.76. The maximum Gasteiger partial charge on any atom is 0.272 e.